The minimum atomic E-state index is -0.727. The Balaban J connectivity index is 1.86. The van der Waals surface area contributed by atoms with Crippen LogP contribution in [0.5, 0.6) is 0 Å². The molecule has 4 nitrogen and oxygen atoms in total. The number of nitrogens with zero attached hydrogens (tertiary/aromatic N) is 1. The molecule has 1 atom stereocenters. The van der Waals surface area contributed by atoms with Crippen molar-refractivity contribution < 1.29 is 14.0 Å². The molecular formula is C29H31Cl2FN2O2S. The van der Waals surface area contributed by atoms with Gasteiger partial charge in [0.15, 0.2) is 0 Å². The number of amides is 2. The van der Waals surface area contributed by atoms with Crippen molar-refractivity contribution in [1.82, 2.24) is 10.2 Å². The van der Waals surface area contributed by atoms with Gasteiger partial charge in [-0.05, 0) is 41.3 Å². The Morgan fingerprint density at radius 1 is 0.973 bits per heavy atom. The van der Waals surface area contributed by atoms with Crippen molar-refractivity contribution in [3.63, 3.8) is 0 Å². The highest BCUT2D eigenvalue weighted by molar-refractivity contribution is 7.99. The van der Waals surface area contributed by atoms with Crippen molar-refractivity contribution in [2.75, 3.05) is 12.3 Å². The topological polar surface area (TPSA) is 49.4 Å². The zero-order valence-electron chi connectivity index (χ0n) is 20.8. The zero-order valence-corrected chi connectivity index (χ0v) is 23.1. The van der Waals surface area contributed by atoms with E-state index < -0.39 is 6.04 Å². The summed E-state index contributed by atoms with van der Waals surface area (Å²) in [5.41, 5.74) is 2.25. The van der Waals surface area contributed by atoms with Gasteiger partial charge in [-0.3, -0.25) is 9.59 Å². The first kappa shape index (κ1) is 29.0. The minimum absolute atomic E-state index is 0.100. The molecule has 0 aliphatic carbocycles. The van der Waals surface area contributed by atoms with E-state index in [1.807, 2.05) is 30.3 Å². The van der Waals surface area contributed by atoms with Crippen LogP contribution in [0, 0.1) is 5.82 Å². The zero-order chi connectivity index (χ0) is 26.6. The lowest BCUT2D eigenvalue weighted by molar-refractivity contribution is -0.139. The molecule has 37 heavy (non-hydrogen) atoms. The van der Waals surface area contributed by atoms with Crippen LogP contribution < -0.4 is 5.32 Å². The van der Waals surface area contributed by atoms with Crippen LogP contribution in [0.4, 0.5) is 4.39 Å². The lowest BCUT2D eigenvalue weighted by Gasteiger charge is -2.31. The number of hydrogen-bond acceptors (Lipinski definition) is 3. The molecule has 2 amide bonds. The molecule has 3 aromatic carbocycles. The molecular weight excluding hydrogens is 530 g/mol. The molecule has 1 N–H and O–H groups in total. The fourth-order valence-electron chi connectivity index (χ4n) is 3.84. The molecule has 196 valence electrons. The van der Waals surface area contributed by atoms with Gasteiger partial charge in [0, 0.05) is 25.3 Å². The second kappa shape index (κ2) is 15.0. The number of nitrogens with one attached hydrogen (secondary N) is 1. The number of carbonyl (C=O) groups is 2. The van der Waals surface area contributed by atoms with Crippen molar-refractivity contribution in [2.24, 2.45) is 0 Å². The van der Waals surface area contributed by atoms with Crippen LogP contribution in [-0.2, 0) is 28.3 Å². The van der Waals surface area contributed by atoms with Gasteiger partial charge in [-0.15, -0.1) is 11.8 Å². The van der Waals surface area contributed by atoms with E-state index in [0.717, 1.165) is 24.0 Å². The summed E-state index contributed by atoms with van der Waals surface area (Å²) in [6, 6.07) is 20.6. The molecule has 0 unspecified atom stereocenters. The van der Waals surface area contributed by atoms with E-state index in [0.29, 0.717) is 34.3 Å². The SMILES string of the molecule is CCCCNC(=O)[C@@H](Cc1ccccc1)N(Cc1ccc(Cl)c(Cl)c1)C(=O)CSCc1ccccc1F. The number of thioether (sulfide) groups is 1. The normalized spacial score (nSPS) is 11.7. The molecule has 0 bridgehead atoms. The monoisotopic (exact) mass is 560 g/mol. The van der Waals surface area contributed by atoms with Crippen LogP contribution in [0.15, 0.2) is 72.8 Å². The highest BCUT2D eigenvalue weighted by Crippen LogP contribution is 2.25. The molecule has 0 fully saturated rings. The van der Waals surface area contributed by atoms with Crippen molar-refractivity contribution in [3.8, 4) is 0 Å². The lowest BCUT2D eigenvalue weighted by atomic mass is 10.0. The van der Waals surface area contributed by atoms with E-state index in [4.69, 9.17) is 23.2 Å². The molecule has 0 saturated heterocycles. The largest absolute Gasteiger partial charge is 0.354 e. The first-order valence-electron chi connectivity index (χ1n) is 12.2. The van der Waals surface area contributed by atoms with Crippen LogP contribution in [0.25, 0.3) is 0 Å². The van der Waals surface area contributed by atoms with E-state index in [2.05, 4.69) is 12.2 Å². The van der Waals surface area contributed by atoms with Gasteiger partial charge < -0.3 is 10.2 Å². The second-order valence-corrected chi connectivity index (χ2v) is 10.5. The molecule has 0 aromatic heterocycles. The van der Waals surface area contributed by atoms with E-state index in [1.165, 1.54) is 17.8 Å². The van der Waals surface area contributed by atoms with E-state index in [1.54, 1.807) is 41.3 Å². The molecule has 3 rings (SSSR count). The van der Waals surface area contributed by atoms with Gasteiger partial charge in [0.2, 0.25) is 11.8 Å². The van der Waals surface area contributed by atoms with Crippen molar-refractivity contribution in [2.45, 2.75) is 44.5 Å². The average Bonchev–Trinajstić information content (AvgIpc) is 2.90. The summed E-state index contributed by atoms with van der Waals surface area (Å²) in [7, 11) is 0. The molecule has 0 radical (unpaired) electrons. The van der Waals surface area contributed by atoms with Gasteiger partial charge in [0.05, 0.1) is 15.8 Å². The van der Waals surface area contributed by atoms with E-state index >= 15 is 0 Å². The minimum Gasteiger partial charge on any atom is -0.354 e. The predicted octanol–water partition coefficient (Wildman–Crippen LogP) is 6.92. The Bertz CT molecular complexity index is 1180. The number of unbranched alkanes of at least 4 members (excludes halogenated alkanes) is 1. The third-order valence-electron chi connectivity index (χ3n) is 5.88. The summed E-state index contributed by atoms with van der Waals surface area (Å²) < 4.78 is 14.1. The lowest BCUT2D eigenvalue weighted by Crippen LogP contribution is -2.51. The van der Waals surface area contributed by atoms with Gasteiger partial charge in [-0.2, -0.15) is 0 Å². The maximum Gasteiger partial charge on any atom is 0.243 e. The summed E-state index contributed by atoms with van der Waals surface area (Å²) in [5, 5.41) is 3.80. The molecule has 0 saturated carbocycles. The summed E-state index contributed by atoms with van der Waals surface area (Å²) in [5.74, 6) is -0.259. The summed E-state index contributed by atoms with van der Waals surface area (Å²) >= 11 is 13.7. The maximum absolute atomic E-state index is 14.1. The van der Waals surface area contributed by atoms with Crippen LogP contribution in [0.1, 0.15) is 36.5 Å². The maximum atomic E-state index is 14.1. The Kier molecular flexibility index (Phi) is 11.8. The molecule has 0 spiro atoms. The molecule has 8 heteroatoms. The molecule has 0 heterocycles. The van der Waals surface area contributed by atoms with Gasteiger partial charge in [0.25, 0.3) is 0 Å². The third kappa shape index (κ3) is 9.06. The van der Waals surface area contributed by atoms with E-state index in [-0.39, 0.29) is 29.9 Å². The number of carbonyl (C=O) groups excluding carboxylic acids is 2. The quantitative estimate of drug-likeness (QED) is 0.231. The first-order chi connectivity index (χ1) is 17.9. The number of hydrogen-bond donors (Lipinski definition) is 1. The van der Waals surface area contributed by atoms with Crippen LogP contribution in [0.3, 0.4) is 0 Å². The number of rotatable bonds is 13. The van der Waals surface area contributed by atoms with Crippen LogP contribution in [0.2, 0.25) is 10.0 Å². The average molecular weight is 562 g/mol. The van der Waals surface area contributed by atoms with Gasteiger partial charge in [-0.25, -0.2) is 4.39 Å². The second-order valence-electron chi connectivity index (χ2n) is 8.70. The number of benzene rings is 3. The first-order valence-corrected chi connectivity index (χ1v) is 14.2. The molecule has 3 aromatic rings. The van der Waals surface area contributed by atoms with Gasteiger partial charge in [-0.1, -0.05) is 91.1 Å². The molecule has 0 aliphatic heterocycles. The Hall–Kier alpha value is -2.54. The van der Waals surface area contributed by atoms with Crippen LogP contribution >= 0.6 is 35.0 Å². The third-order valence-corrected chi connectivity index (χ3v) is 7.58. The van der Waals surface area contributed by atoms with Crippen molar-refractivity contribution >= 4 is 46.8 Å². The summed E-state index contributed by atoms with van der Waals surface area (Å²) in [6.07, 6.45) is 2.16. The Morgan fingerprint density at radius 3 is 2.41 bits per heavy atom. The fourth-order valence-corrected chi connectivity index (χ4v) is 5.06. The Morgan fingerprint density at radius 2 is 1.70 bits per heavy atom. The standard InChI is InChI=1S/C29H31Cl2FN2O2S/c1-2-3-15-33-29(36)27(17-21-9-5-4-6-10-21)34(18-22-13-14-24(30)25(31)16-22)28(35)20-37-19-23-11-7-8-12-26(23)32/h4-14,16,27H,2-3,15,17-20H2,1H3,(H,33,36)/t27-/m1/s1. The van der Waals surface area contributed by atoms with Crippen LogP contribution in [-0.4, -0.2) is 35.1 Å². The summed E-state index contributed by atoms with van der Waals surface area (Å²) in [4.78, 5) is 28.6. The van der Waals surface area contributed by atoms with E-state index in [9.17, 15) is 14.0 Å². The predicted molar refractivity (Wildman–Crippen MR) is 151 cm³/mol. The number of halogens is 3. The highest BCUT2D eigenvalue weighted by Gasteiger charge is 2.30. The Labute approximate surface area is 232 Å². The molecule has 0 aliphatic rings. The summed E-state index contributed by atoms with van der Waals surface area (Å²) in [6.45, 7) is 2.78. The fraction of sp³-hybridized carbons (Fsp3) is 0.310. The highest BCUT2D eigenvalue weighted by atomic mass is 35.5. The van der Waals surface area contributed by atoms with Crippen molar-refractivity contribution in [3.05, 3.63) is 105 Å². The smallest absolute Gasteiger partial charge is 0.243 e. The van der Waals surface area contributed by atoms with Gasteiger partial charge in [0.1, 0.15) is 11.9 Å². The van der Waals surface area contributed by atoms with Gasteiger partial charge >= 0.3 is 0 Å². The van der Waals surface area contributed by atoms with Crippen molar-refractivity contribution in [1.29, 1.82) is 0 Å².